The number of hydrogen-bond donors (Lipinski definition) is 1. The molecule has 1 heterocycles. The number of fused-ring (bicyclic) bond motifs is 1. The first-order valence-corrected chi connectivity index (χ1v) is 3.97. The van der Waals surface area contributed by atoms with Crippen molar-refractivity contribution in [3.63, 3.8) is 0 Å². The molecular weight excluding hydrogens is 198 g/mol. The smallest absolute Gasteiger partial charge is 0.188 e. The van der Waals surface area contributed by atoms with Crippen molar-refractivity contribution in [1.82, 2.24) is 9.97 Å². The largest absolute Gasteiger partial charge is 0.342 e. The molecule has 5 heteroatoms. The maximum absolute atomic E-state index is 13.1. The van der Waals surface area contributed by atoms with Crippen molar-refractivity contribution in [3.8, 4) is 0 Å². The fraction of sp³-hybridized carbons (Fsp3) is 0.125. The molecule has 13 heavy (non-hydrogen) atoms. The average Bonchev–Trinajstić information content (AvgIpc) is 2.42. The highest BCUT2D eigenvalue weighted by Crippen LogP contribution is 2.24. The van der Waals surface area contributed by atoms with Gasteiger partial charge in [-0.05, 0) is 13.0 Å². The maximum atomic E-state index is 13.1. The van der Waals surface area contributed by atoms with Crippen molar-refractivity contribution in [2.75, 3.05) is 0 Å². The van der Waals surface area contributed by atoms with Crippen LogP contribution in [0.25, 0.3) is 11.0 Å². The molecule has 0 aliphatic carbocycles. The zero-order valence-electron chi connectivity index (χ0n) is 6.66. The van der Waals surface area contributed by atoms with Crippen LogP contribution in [0.1, 0.15) is 5.82 Å². The molecule has 0 aliphatic heterocycles. The number of H-pyrrole nitrogens is 1. The highest BCUT2D eigenvalue weighted by molar-refractivity contribution is 6.31. The highest BCUT2D eigenvalue weighted by Gasteiger charge is 2.14. The molecule has 0 aliphatic rings. The maximum Gasteiger partial charge on any atom is 0.188 e. The molecule has 2 nitrogen and oxygen atoms in total. The van der Waals surface area contributed by atoms with Gasteiger partial charge >= 0.3 is 0 Å². The Hall–Kier alpha value is -1.16. The van der Waals surface area contributed by atoms with Gasteiger partial charge < -0.3 is 4.98 Å². The van der Waals surface area contributed by atoms with E-state index in [9.17, 15) is 8.78 Å². The van der Waals surface area contributed by atoms with E-state index in [4.69, 9.17) is 11.6 Å². The summed E-state index contributed by atoms with van der Waals surface area (Å²) in [6.07, 6.45) is 0. The van der Waals surface area contributed by atoms with Gasteiger partial charge in [-0.3, -0.25) is 0 Å². The van der Waals surface area contributed by atoms with Crippen molar-refractivity contribution in [2.24, 2.45) is 0 Å². The molecule has 68 valence electrons. The second kappa shape index (κ2) is 2.67. The van der Waals surface area contributed by atoms with E-state index in [0.717, 1.165) is 0 Å². The van der Waals surface area contributed by atoms with Crippen molar-refractivity contribution in [3.05, 3.63) is 28.5 Å². The second-order valence-electron chi connectivity index (χ2n) is 2.70. The van der Waals surface area contributed by atoms with Gasteiger partial charge in [-0.15, -0.1) is 0 Å². The Kier molecular flexibility index (Phi) is 1.73. The fourth-order valence-corrected chi connectivity index (χ4v) is 1.37. The predicted octanol–water partition coefficient (Wildman–Crippen LogP) is 2.80. The average molecular weight is 203 g/mol. The van der Waals surface area contributed by atoms with E-state index in [1.807, 2.05) is 0 Å². The summed E-state index contributed by atoms with van der Waals surface area (Å²) < 4.78 is 26.0. The van der Waals surface area contributed by atoms with Crippen LogP contribution in [0.5, 0.6) is 0 Å². The van der Waals surface area contributed by atoms with Crippen molar-refractivity contribution >= 4 is 22.6 Å². The van der Waals surface area contributed by atoms with Gasteiger partial charge in [0, 0.05) is 0 Å². The van der Waals surface area contributed by atoms with Crippen LogP contribution in [0.2, 0.25) is 5.02 Å². The van der Waals surface area contributed by atoms with Crippen LogP contribution in [0.4, 0.5) is 8.78 Å². The van der Waals surface area contributed by atoms with E-state index in [1.54, 1.807) is 6.92 Å². The first-order valence-electron chi connectivity index (χ1n) is 3.59. The molecule has 0 bridgehead atoms. The first-order chi connectivity index (χ1) is 6.09. The summed E-state index contributed by atoms with van der Waals surface area (Å²) in [5.74, 6) is -1.54. The van der Waals surface area contributed by atoms with E-state index in [1.165, 1.54) is 6.07 Å². The van der Waals surface area contributed by atoms with Crippen LogP contribution in [0, 0.1) is 18.6 Å². The van der Waals surface area contributed by atoms with Crippen LogP contribution in [-0.2, 0) is 0 Å². The zero-order valence-corrected chi connectivity index (χ0v) is 7.41. The molecule has 1 aromatic heterocycles. The number of halogens is 3. The minimum atomic E-state index is -1.05. The number of aryl methyl sites for hydroxylation is 1. The van der Waals surface area contributed by atoms with E-state index < -0.39 is 11.6 Å². The van der Waals surface area contributed by atoms with Crippen LogP contribution in [-0.4, -0.2) is 9.97 Å². The molecule has 0 unspecified atom stereocenters. The standard InChI is InChI=1S/C8H5ClF2N2/c1-3-12-5-2-4(9)6(10)7(11)8(5)13-3/h2H,1H3,(H,12,13). The Labute approximate surface area is 77.5 Å². The molecule has 0 atom stereocenters. The fourth-order valence-electron chi connectivity index (χ4n) is 1.18. The molecule has 1 N–H and O–H groups in total. The lowest BCUT2D eigenvalue weighted by molar-refractivity contribution is 0.516. The van der Waals surface area contributed by atoms with Crippen LogP contribution in [0.15, 0.2) is 6.07 Å². The van der Waals surface area contributed by atoms with Gasteiger partial charge in [0.15, 0.2) is 11.6 Å². The Morgan fingerprint density at radius 2 is 2.08 bits per heavy atom. The van der Waals surface area contributed by atoms with Gasteiger partial charge in [-0.2, -0.15) is 0 Å². The number of hydrogen-bond acceptors (Lipinski definition) is 1. The highest BCUT2D eigenvalue weighted by atomic mass is 35.5. The first kappa shape index (κ1) is 8.44. The molecule has 2 aromatic rings. The topological polar surface area (TPSA) is 28.7 Å². The Balaban J connectivity index is 2.92. The van der Waals surface area contributed by atoms with Gasteiger partial charge in [0.05, 0.1) is 10.5 Å². The summed E-state index contributed by atoms with van der Waals surface area (Å²) in [7, 11) is 0. The third kappa shape index (κ3) is 1.18. The monoisotopic (exact) mass is 202 g/mol. The number of benzene rings is 1. The van der Waals surface area contributed by atoms with Gasteiger partial charge in [0.2, 0.25) is 0 Å². The quantitative estimate of drug-likeness (QED) is 0.654. The van der Waals surface area contributed by atoms with Gasteiger partial charge in [-0.25, -0.2) is 13.8 Å². The van der Waals surface area contributed by atoms with Crippen molar-refractivity contribution in [2.45, 2.75) is 6.92 Å². The lowest BCUT2D eigenvalue weighted by atomic mass is 10.3. The van der Waals surface area contributed by atoms with Crippen LogP contribution in [0.3, 0.4) is 0 Å². The minimum absolute atomic E-state index is 0.0144. The number of nitrogens with one attached hydrogen (secondary N) is 1. The van der Waals surface area contributed by atoms with Crippen molar-refractivity contribution < 1.29 is 8.78 Å². The van der Waals surface area contributed by atoms with Gasteiger partial charge in [-0.1, -0.05) is 11.6 Å². The summed E-state index contributed by atoms with van der Waals surface area (Å²) >= 11 is 5.44. The number of imidazole rings is 1. The van der Waals surface area contributed by atoms with E-state index in [-0.39, 0.29) is 10.5 Å². The molecule has 0 saturated carbocycles. The summed E-state index contributed by atoms with van der Waals surface area (Å²) in [5.41, 5.74) is 0.390. The minimum Gasteiger partial charge on any atom is -0.342 e. The summed E-state index contributed by atoms with van der Waals surface area (Å²) in [5, 5.41) is -0.242. The lowest BCUT2D eigenvalue weighted by Gasteiger charge is -1.95. The summed E-state index contributed by atoms with van der Waals surface area (Å²) in [6, 6.07) is 1.31. The van der Waals surface area contributed by atoms with Crippen molar-refractivity contribution in [1.29, 1.82) is 0 Å². The molecule has 0 fully saturated rings. The molecular formula is C8H5ClF2N2. The van der Waals surface area contributed by atoms with Gasteiger partial charge in [0.1, 0.15) is 11.3 Å². The Bertz CT molecular complexity index is 478. The van der Waals surface area contributed by atoms with Crippen LogP contribution >= 0.6 is 11.6 Å². The molecule has 0 amide bonds. The SMILES string of the molecule is Cc1nc2c(F)c(F)c(Cl)cc2[nH]1. The molecule has 1 aromatic carbocycles. The number of aromatic amines is 1. The lowest BCUT2D eigenvalue weighted by Crippen LogP contribution is -1.87. The normalized spacial score (nSPS) is 11.1. The van der Waals surface area contributed by atoms with Gasteiger partial charge in [0.25, 0.3) is 0 Å². The van der Waals surface area contributed by atoms with E-state index in [0.29, 0.717) is 11.3 Å². The third-order valence-corrected chi connectivity index (χ3v) is 2.01. The number of nitrogens with zero attached hydrogens (tertiary/aromatic N) is 1. The van der Waals surface area contributed by atoms with E-state index in [2.05, 4.69) is 9.97 Å². The molecule has 0 spiro atoms. The molecule has 0 saturated heterocycles. The Morgan fingerprint density at radius 3 is 2.77 bits per heavy atom. The third-order valence-electron chi connectivity index (χ3n) is 1.73. The van der Waals surface area contributed by atoms with Crippen LogP contribution < -0.4 is 0 Å². The Morgan fingerprint density at radius 1 is 1.38 bits per heavy atom. The summed E-state index contributed by atoms with van der Waals surface area (Å²) in [6.45, 7) is 1.66. The molecule has 0 radical (unpaired) electrons. The molecule has 2 rings (SSSR count). The predicted molar refractivity (Wildman–Crippen MR) is 45.8 cm³/mol. The zero-order chi connectivity index (χ0) is 9.59. The number of rotatable bonds is 0. The summed E-state index contributed by atoms with van der Waals surface area (Å²) in [4.78, 5) is 6.55. The second-order valence-corrected chi connectivity index (χ2v) is 3.11. The van der Waals surface area contributed by atoms with E-state index >= 15 is 0 Å². The number of aromatic nitrogens is 2.